The van der Waals surface area contributed by atoms with Gasteiger partial charge in [0.05, 0.1) is 5.56 Å². The van der Waals surface area contributed by atoms with Crippen LogP contribution in [0.15, 0.2) is 48.6 Å². The molecule has 5 heteroatoms. The molecule has 0 bridgehead atoms. The Hall–Kier alpha value is -2.56. The van der Waals surface area contributed by atoms with Crippen LogP contribution in [0.25, 0.3) is 0 Å². The van der Waals surface area contributed by atoms with E-state index in [9.17, 15) is 9.59 Å². The first kappa shape index (κ1) is 27.4. The second-order valence-electron chi connectivity index (χ2n) is 7.31. The lowest BCUT2D eigenvalue weighted by atomic mass is 10.1. The van der Waals surface area contributed by atoms with E-state index in [-0.39, 0.29) is 5.56 Å². The van der Waals surface area contributed by atoms with E-state index < -0.39 is 11.9 Å². The summed E-state index contributed by atoms with van der Waals surface area (Å²) in [6, 6.07) is 6.17. The molecule has 0 heterocycles. The smallest absolute Gasteiger partial charge is 0.335 e. The first-order valence-electron chi connectivity index (χ1n) is 11.1. The number of nitrogen functional groups attached to an aromatic ring is 1. The van der Waals surface area contributed by atoms with Crippen molar-refractivity contribution in [1.29, 1.82) is 0 Å². The quantitative estimate of drug-likeness (QED) is 0.164. The van der Waals surface area contributed by atoms with Crippen molar-refractivity contribution < 1.29 is 19.8 Å². The van der Waals surface area contributed by atoms with Crippen molar-refractivity contribution in [3.05, 3.63) is 54.1 Å². The second kappa shape index (κ2) is 19.7. The fraction of sp³-hybridized carbons (Fsp3) is 0.520. The lowest BCUT2D eigenvalue weighted by molar-refractivity contribution is -0.137. The van der Waals surface area contributed by atoms with E-state index in [4.69, 9.17) is 15.9 Å². The molecule has 0 atom stereocenters. The molecule has 0 fully saturated rings. The summed E-state index contributed by atoms with van der Waals surface area (Å²) in [4.78, 5) is 20.6. The fourth-order valence-electron chi connectivity index (χ4n) is 2.76. The highest BCUT2D eigenvalue weighted by atomic mass is 16.4. The molecule has 0 aliphatic carbocycles. The maximum absolute atomic E-state index is 10.3. The van der Waals surface area contributed by atoms with Gasteiger partial charge in [-0.1, -0.05) is 69.4 Å². The Balaban J connectivity index is 0.000000696. The van der Waals surface area contributed by atoms with Crippen LogP contribution in [-0.4, -0.2) is 22.2 Å². The van der Waals surface area contributed by atoms with Crippen molar-refractivity contribution in [3.8, 4) is 0 Å². The van der Waals surface area contributed by atoms with Crippen molar-refractivity contribution in [1.82, 2.24) is 0 Å². The Kier molecular flexibility index (Phi) is 18.1. The molecule has 0 radical (unpaired) electrons. The predicted molar refractivity (Wildman–Crippen MR) is 125 cm³/mol. The monoisotopic (exact) mass is 417 g/mol. The molecule has 168 valence electrons. The summed E-state index contributed by atoms with van der Waals surface area (Å²) >= 11 is 0. The van der Waals surface area contributed by atoms with Crippen LogP contribution in [-0.2, 0) is 4.79 Å². The third kappa shape index (κ3) is 18.8. The zero-order chi connectivity index (χ0) is 22.5. The van der Waals surface area contributed by atoms with Crippen LogP contribution in [0.2, 0.25) is 0 Å². The number of carboxylic acids is 2. The molecule has 0 amide bonds. The molecule has 0 aromatic heterocycles. The maximum Gasteiger partial charge on any atom is 0.335 e. The SMILES string of the molecule is CCCCC/C=C\C/C=C\CCCCCCCC(=O)O.Nc1cccc(C(=O)O)c1. The Morgan fingerprint density at radius 1 is 0.867 bits per heavy atom. The molecule has 1 rings (SSSR count). The third-order valence-corrected chi connectivity index (χ3v) is 4.47. The van der Waals surface area contributed by atoms with E-state index in [0.717, 1.165) is 25.7 Å². The molecule has 1 aromatic rings. The van der Waals surface area contributed by atoms with Gasteiger partial charge in [0, 0.05) is 12.1 Å². The van der Waals surface area contributed by atoms with Crippen LogP contribution < -0.4 is 5.73 Å². The molecular formula is C25H39NO4. The van der Waals surface area contributed by atoms with Crippen LogP contribution in [0.4, 0.5) is 5.69 Å². The molecule has 5 nitrogen and oxygen atoms in total. The van der Waals surface area contributed by atoms with Crippen LogP contribution in [0.3, 0.4) is 0 Å². The van der Waals surface area contributed by atoms with Gasteiger partial charge in [-0.25, -0.2) is 4.79 Å². The van der Waals surface area contributed by atoms with Gasteiger partial charge in [-0.15, -0.1) is 0 Å². The van der Waals surface area contributed by atoms with Gasteiger partial charge in [0.15, 0.2) is 0 Å². The van der Waals surface area contributed by atoms with E-state index in [0.29, 0.717) is 12.1 Å². The number of aliphatic carboxylic acids is 1. The number of aromatic carboxylic acids is 1. The van der Waals surface area contributed by atoms with E-state index in [2.05, 4.69) is 31.2 Å². The topological polar surface area (TPSA) is 101 Å². The number of hydrogen-bond acceptors (Lipinski definition) is 3. The zero-order valence-corrected chi connectivity index (χ0v) is 18.4. The zero-order valence-electron chi connectivity index (χ0n) is 18.4. The molecule has 0 saturated heterocycles. The molecule has 4 N–H and O–H groups in total. The number of allylic oxidation sites excluding steroid dienone is 4. The first-order chi connectivity index (χ1) is 14.5. The molecule has 1 aromatic carbocycles. The average Bonchev–Trinajstić information content (AvgIpc) is 2.71. The molecule has 0 aliphatic heterocycles. The van der Waals surface area contributed by atoms with Crippen molar-refractivity contribution in [2.45, 2.75) is 84.0 Å². The minimum atomic E-state index is -0.952. The summed E-state index contributed by atoms with van der Waals surface area (Å²) in [5, 5.41) is 17.0. The summed E-state index contributed by atoms with van der Waals surface area (Å²) in [7, 11) is 0. The normalized spacial score (nSPS) is 10.8. The van der Waals surface area contributed by atoms with Gasteiger partial charge in [-0.2, -0.15) is 0 Å². The number of anilines is 1. The molecule has 0 spiro atoms. The van der Waals surface area contributed by atoms with Gasteiger partial charge in [-0.05, 0) is 56.7 Å². The second-order valence-corrected chi connectivity index (χ2v) is 7.31. The van der Waals surface area contributed by atoms with Gasteiger partial charge in [0.25, 0.3) is 0 Å². The predicted octanol–water partition coefficient (Wildman–Crippen LogP) is 6.85. The molecule has 0 aliphatic rings. The van der Waals surface area contributed by atoms with E-state index in [1.54, 1.807) is 12.1 Å². The average molecular weight is 418 g/mol. The highest BCUT2D eigenvalue weighted by Crippen LogP contribution is 2.08. The van der Waals surface area contributed by atoms with Crippen molar-refractivity contribution in [3.63, 3.8) is 0 Å². The van der Waals surface area contributed by atoms with Crippen molar-refractivity contribution in [2.75, 3.05) is 5.73 Å². The van der Waals surface area contributed by atoms with Gasteiger partial charge in [0.2, 0.25) is 0 Å². The standard InChI is InChI=1S/C18H32O2.C7H7NO2/c1-2-3-4-5-6-7-8-9-10-11-12-13-14-15-16-17-18(19)20;8-6-3-1-2-5(4-6)7(9)10/h6-7,9-10H,2-5,8,11-17H2,1H3,(H,19,20);1-4H,8H2,(H,9,10)/b7-6-,10-9-;. The van der Waals surface area contributed by atoms with Gasteiger partial charge >= 0.3 is 11.9 Å². The van der Waals surface area contributed by atoms with Crippen molar-refractivity contribution >= 4 is 17.6 Å². The number of nitrogens with two attached hydrogens (primary N) is 1. The summed E-state index contributed by atoms with van der Waals surface area (Å²) < 4.78 is 0. The highest BCUT2D eigenvalue weighted by molar-refractivity contribution is 5.88. The molecule has 0 saturated carbocycles. The highest BCUT2D eigenvalue weighted by Gasteiger charge is 1.99. The minimum absolute atomic E-state index is 0.222. The van der Waals surface area contributed by atoms with E-state index in [1.165, 1.54) is 57.1 Å². The lowest BCUT2D eigenvalue weighted by Gasteiger charge is -1.98. The van der Waals surface area contributed by atoms with Crippen LogP contribution in [0.1, 0.15) is 94.3 Å². The Morgan fingerprint density at radius 2 is 1.47 bits per heavy atom. The summed E-state index contributed by atoms with van der Waals surface area (Å²) in [5.74, 6) is -1.62. The van der Waals surface area contributed by atoms with E-state index >= 15 is 0 Å². The fourth-order valence-corrected chi connectivity index (χ4v) is 2.76. The third-order valence-electron chi connectivity index (χ3n) is 4.47. The summed E-state index contributed by atoms with van der Waals surface area (Å²) in [6.07, 6.45) is 22.3. The summed E-state index contributed by atoms with van der Waals surface area (Å²) in [6.45, 7) is 2.23. The number of hydrogen-bond donors (Lipinski definition) is 3. The number of benzene rings is 1. The summed E-state index contributed by atoms with van der Waals surface area (Å²) in [5.41, 5.74) is 6.03. The number of carboxylic acid groups (broad SMARTS) is 2. The number of carbonyl (C=O) groups is 2. The molecule has 30 heavy (non-hydrogen) atoms. The largest absolute Gasteiger partial charge is 0.481 e. The maximum atomic E-state index is 10.3. The number of rotatable bonds is 15. The molecular weight excluding hydrogens is 378 g/mol. The van der Waals surface area contributed by atoms with E-state index in [1.807, 2.05) is 0 Å². The van der Waals surface area contributed by atoms with Crippen LogP contribution in [0, 0.1) is 0 Å². The Bertz CT molecular complexity index is 638. The van der Waals surface area contributed by atoms with Gasteiger partial charge in [0.1, 0.15) is 0 Å². The van der Waals surface area contributed by atoms with Crippen LogP contribution >= 0.6 is 0 Å². The van der Waals surface area contributed by atoms with Crippen LogP contribution in [0.5, 0.6) is 0 Å². The first-order valence-corrected chi connectivity index (χ1v) is 11.1. The Morgan fingerprint density at radius 3 is 2.00 bits per heavy atom. The van der Waals surface area contributed by atoms with Gasteiger partial charge in [-0.3, -0.25) is 4.79 Å². The van der Waals surface area contributed by atoms with Gasteiger partial charge < -0.3 is 15.9 Å². The lowest BCUT2D eigenvalue weighted by Crippen LogP contribution is -1.96. The molecule has 0 unspecified atom stereocenters. The number of unbranched alkanes of at least 4 members (excludes halogenated alkanes) is 8. The van der Waals surface area contributed by atoms with Crippen molar-refractivity contribution in [2.24, 2.45) is 0 Å². The minimum Gasteiger partial charge on any atom is -0.481 e. The Labute approximate surface area is 181 Å².